The third-order valence-corrected chi connectivity index (χ3v) is 7.26. The molecule has 0 aromatic heterocycles. The number of fused-ring (bicyclic) bond motifs is 1. The first-order chi connectivity index (χ1) is 14.3. The zero-order valence-corrected chi connectivity index (χ0v) is 19.5. The van der Waals surface area contributed by atoms with Gasteiger partial charge in [0.25, 0.3) is 15.9 Å². The monoisotopic (exact) mass is 552 g/mol. The van der Waals surface area contributed by atoms with E-state index < -0.39 is 10.0 Å². The molecule has 1 aliphatic heterocycles. The highest BCUT2D eigenvalue weighted by Gasteiger charge is 2.25. The van der Waals surface area contributed by atoms with Crippen LogP contribution >= 0.6 is 34.2 Å². The van der Waals surface area contributed by atoms with Crippen molar-refractivity contribution in [1.29, 1.82) is 0 Å². The minimum absolute atomic E-state index is 0.125. The largest absolute Gasteiger partial charge is 0.308 e. The Kier molecular flexibility index (Phi) is 6.04. The second kappa shape index (κ2) is 8.56. The summed E-state index contributed by atoms with van der Waals surface area (Å²) in [5, 5.41) is 0.570. The number of amides is 1. The van der Waals surface area contributed by atoms with Crippen LogP contribution in [-0.2, 0) is 16.4 Å². The molecule has 3 aromatic carbocycles. The number of hydrogen-bond donors (Lipinski definition) is 1. The molecule has 1 aliphatic rings. The summed E-state index contributed by atoms with van der Waals surface area (Å²) >= 11 is 8.09. The van der Waals surface area contributed by atoms with Gasteiger partial charge in [0.15, 0.2) is 0 Å². The van der Waals surface area contributed by atoms with Crippen molar-refractivity contribution in [2.45, 2.75) is 17.7 Å². The summed E-state index contributed by atoms with van der Waals surface area (Å²) in [6.45, 7) is 0.585. The van der Waals surface area contributed by atoms with Crippen LogP contribution in [0.4, 0.5) is 11.4 Å². The molecule has 0 bridgehead atoms. The third kappa shape index (κ3) is 4.48. The van der Waals surface area contributed by atoms with Gasteiger partial charge >= 0.3 is 0 Å². The fourth-order valence-corrected chi connectivity index (χ4v) is 5.03. The molecule has 0 saturated heterocycles. The Bertz CT molecular complexity index is 1200. The van der Waals surface area contributed by atoms with Gasteiger partial charge < -0.3 is 4.90 Å². The summed E-state index contributed by atoms with van der Waals surface area (Å²) in [4.78, 5) is 14.9. The number of nitrogens with zero attached hydrogens (tertiary/aromatic N) is 1. The minimum atomic E-state index is -3.72. The summed E-state index contributed by atoms with van der Waals surface area (Å²) in [6, 6.07) is 18.8. The molecule has 5 nitrogen and oxygen atoms in total. The summed E-state index contributed by atoms with van der Waals surface area (Å²) in [5.41, 5.74) is 2.64. The number of halogens is 2. The third-order valence-electron chi connectivity index (χ3n) is 4.91. The van der Waals surface area contributed by atoms with Crippen molar-refractivity contribution in [2.75, 3.05) is 16.2 Å². The van der Waals surface area contributed by atoms with E-state index in [0.717, 1.165) is 21.2 Å². The number of benzene rings is 3. The maximum Gasteiger partial charge on any atom is 0.261 e. The predicted octanol–water partition coefficient (Wildman–Crippen LogP) is 5.34. The lowest BCUT2D eigenvalue weighted by Gasteiger charge is -2.30. The molecular formula is C22H18ClIN2O3S. The van der Waals surface area contributed by atoms with E-state index in [4.69, 9.17) is 11.6 Å². The maximum absolute atomic E-state index is 13.0. The van der Waals surface area contributed by atoms with Gasteiger partial charge in [0.2, 0.25) is 0 Å². The van der Waals surface area contributed by atoms with Gasteiger partial charge in [-0.05, 0) is 108 Å². The molecule has 1 N–H and O–H groups in total. The molecule has 8 heteroatoms. The molecule has 0 atom stereocenters. The van der Waals surface area contributed by atoms with Gasteiger partial charge in [0.1, 0.15) is 0 Å². The molecule has 3 aromatic rings. The van der Waals surface area contributed by atoms with E-state index in [1.165, 1.54) is 0 Å². The van der Waals surface area contributed by atoms with Crippen molar-refractivity contribution in [1.82, 2.24) is 0 Å². The van der Waals surface area contributed by atoms with Gasteiger partial charge in [-0.25, -0.2) is 8.42 Å². The van der Waals surface area contributed by atoms with Crippen molar-refractivity contribution in [3.8, 4) is 0 Å². The highest BCUT2D eigenvalue weighted by molar-refractivity contribution is 14.1. The molecule has 30 heavy (non-hydrogen) atoms. The van der Waals surface area contributed by atoms with Crippen molar-refractivity contribution in [2.24, 2.45) is 0 Å². The molecule has 0 aliphatic carbocycles. The van der Waals surface area contributed by atoms with Crippen LogP contribution in [0.3, 0.4) is 0 Å². The van der Waals surface area contributed by atoms with E-state index in [1.54, 1.807) is 59.5 Å². The van der Waals surface area contributed by atoms with Crippen LogP contribution in [0.5, 0.6) is 0 Å². The molecule has 4 rings (SSSR count). The summed E-state index contributed by atoms with van der Waals surface area (Å²) in [6.07, 6.45) is 1.48. The minimum Gasteiger partial charge on any atom is -0.308 e. The zero-order valence-electron chi connectivity index (χ0n) is 15.8. The fourth-order valence-electron chi connectivity index (χ4n) is 3.43. The number of aryl methyl sites for hydroxylation is 1. The fraction of sp³-hybridized carbons (Fsp3) is 0.136. The summed E-state index contributed by atoms with van der Waals surface area (Å²) in [7, 11) is -3.72. The average molecular weight is 553 g/mol. The number of carbonyl (C=O) groups excluding carboxylic acids is 1. The van der Waals surface area contributed by atoms with E-state index in [0.29, 0.717) is 29.2 Å². The lowest BCUT2D eigenvalue weighted by molar-refractivity contribution is 0.0985. The Balaban J connectivity index is 1.62. The van der Waals surface area contributed by atoms with Gasteiger partial charge in [-0.2, -0.15) is 0 Å². The van der Waals surface area contributed by atoms with Crippen molar-refractivity contribution in [3.05, 3.63) is 86.4 Å². The van der Waals surface area contributed by atoms with Crippen molar-refractivity contribution in [3.63, 3.8) is 0 Å². The summed E-state index contributed by atoms with van der Waals surface area (Å²) in [5.74, 6) is -0.125. The number of sulfonamides is 1. The second-order valence-electron chi connectivity index (χ2n) is 6.97. The molecule has 1 amide bonds. The van der Waals surface area contributed by atoms with Crippen molar-refractivity contribution < 1.29 is 13.2 Å². The molecule has 0 spiro atoms. The van der Waals surface area contributed by atoms with Gasteiger partial charge in [-0.15, -0.1) is 0 Å². The van der Waals surface area contributed by atoms with E-state index in [9.17, 15) is 13.2 Å². The van der Waals surface area contributed by atoms with Crippen LogP contribution in [0.15, 0.2) is 71.6 Å². The maximum atomic E-state index is 13.0. The molecule has 0 unspecified atom stereocenters. The Morgan fingerprint density at radius 1 is 1.00 bits per heavy atom. The Morgan fingerprint density at radius 2 is 1.70 bits per heavy atom. The first-order valence-corrected chi connectivity index (χ1v) is 12.3. The van der Waals surface area contributed by atoms with Crippen LogP contribution in [0.25, 0.3) is 0 Å². The van der Waals surface area contributed by atoms with Gasteiger partial charge in [-0.3, -0.25) is 9.52 Å². The van der Waals surface area contributed by atoms with Crippen LogP contribution in [0, 0.1) is 3.57 Å². The molecule has 0 saturated carbocycles. The van der Waals surface area contributed by atoms with Crippen LogP contribution in [0.2, 0.25) is 5.02 Å². The molecule has 154 valence electrons. The van der Waals surface area contributed by atoms with E-state index in [-0.39, 0.29) is 10.8 Å². The Hall–Kier alpha value is -2.10. The van der Waals surface area contributed by atoms with Gasteiger partial charge in [0, 0.05) is 32.1 Å². The topological polar surface area (TPSA) is 66.5 Å². The summed E-state index contributed by atoms with van der Waals surface area (Å²) < 4.78 is 29.3. The quantitative estimate of drug-likeness (QED) is 0.445. The number of rotatable bonds is 4. The Labute approximate surface area is 194 Å². The van der Waals surface area contributed by atoms with Crippen molar-refractivity contribution >= 4 is 61.5 Å². The highest BCUT2D eigenvalue weighted by Crippen LogP contribution is 2.31. The normalized spacial score (nSPS) is 13.6. The van der Waals surface area contributed by atoms with E-state index in [2.05, 4.69) is 27.3 Å². The molecule has 1 heterocycles. The average Bonchev–Trinajstić information content (AvgIpc) is 2.74. The van der Waals surface area contributed by atoms with Crippen LogP contribution in [0.1, 0.15) is 22.3 Å². The number of hydrogen-bond acceptors (Lipinski definition) is 3. The SMILES string of the molecule is O=C(c1ccc(Cl)cc1)N1CCCc2cc(S(=O)(=O)Nc3ccc(I)cc3)ccc21. The predicted molar refractivity (Wildman–Crippen MR) is 128 cm³/mol. The zero-order chi connectivity index (χ0) is 21.3. The molecule has 0 fully saturated rings. The number of nitrogens with one attached hydrogen (secondary N) is 1. The van der Waals surface area contributed by atoms with Gasteiger partial charge in [0.05, 0.1) is 4.90 Å². The number of carbonyl (C=O) groups is 1. The molecule has 0 radical (unpaired) electrons. The Morgan fingerprint density at radius 3 is 2.40 bits per heavy atom. The highest BCUT2D eigenvalue weighted by atomic mass is 127. The second-order valence-corrected chi connectivity index (χ2v) is 10.3. The first-order valence-electron chi connectivity index (χ1n) is 9.32. The first kappa shape index (κ1) is 21.1. The van der Waals surface area contributed by atoms with Crippen LogP contribution in [-0.4, -0.2) is 20.9 Å². The lowest BCUT2D eigenvalue weighted by atomic mass is 10.0. The number of anilines is 2. The lowest BCUT2D eigenvalue weighted by Crippen LogP contribution is -2.35. The van der Waals surface area contributed by atoms with E-state index in [1.807, 2.05) is 12.1 Å². The van der Waals surface area contributed by atoms with Crippen LogP contribution < -0.4 is 9.62 Å². The smallest absolute Gasteiger partial charge is 0.261 e. The van der Waals surface area contributed by atoms with Gasteiger partial charge in [-0.1, -0.05) is 11.6 Å². The molecular weight excluding hydrogens is 535 g/mol. The van der Waals surface area contributed by atoms with E-state index >= 15 is 0 Å². The standard InChI is InChI=1S/C22H18ClIN2O3S/c23-17-5-3-15(4-6-17)22(27)26-13-1-2-16-14-20(11-12-21(16)26)30(28,29)25-19-9-7-18(24)8-10-19/h3-12,14,25H,1-2,13H2.